The maximum atomic E-state index is 13.9. The maximum Gasteiger partial charge on any atom is 0.311 e. The molecule has 3 heterocycles. The second-order valence-electron chi connectivity index (χ2n) is 8.65. The van der Waals surface area contributed by atoms with Gasteiger partial charge in [-0.15, -0.1) is 18.3 Å². The van der Waals surface area contributed by atoms with Crippen molar-refractivity contribution in [3.05, 3.63) is 25.3 Å². The van der Waals surface area contributed by atoms with Crippen LogP contribution in [0.2, 0.25) is 0 Å². The van der Waals surface area contributed by atoms with Crippen molar-refractivity contribution in [2.45, 2.75) is 61.6 Å². The molecular formula is C23H34N2O5S. The summed E-state index contributed by atoms with van der Waals surface area (Å²) in [7, 11) is 0. The van der Waals surface area contributed by atoms with Gasteiger partial charge >= 0.3 is 5.97 Å². The molecule has 3 fully saturated rings. The van der Waals surface area contributed by atoms with E-state index in [-0.39, 0.29) is 42.9 Å². The summed E-state index contributed by atoms with van der Waals surface area (Å²) < 4.78 is 4.67. The number of ether oxygens (including phenoxy) is 1. The molecule has 2 bridgehead atoms. The third-order valence-electron chi connectivity index (χ3n) is 6.84. The van der Waals surface area contributed by atoms with Crippen molar-refractivity contribution in [3.8, 4) is 0 Å². The lowest BCUT2D eigenvalue weighted by Gasteiger charge is -2.39. The van der Waals surface area contributed by atoms with E-state index in [4.69, 9.17) is 4.74 Å². The van der Waals surface area contributed by atoms with Gasteiger partial charge in [0.1, 0.15) is 12.6 Å². The van der Waals surface area contributed by atoms with Crippen molar-refractivity contribution in [1.29, 1.82) is 0 Å². The van der Waals surface area contributed by atoms with Crippen LogP contribution in [-0.4, -0.2) is 81.1 Å². The quantitative estimate of drug-likeness (QED) is 0.383. The fourth-order valence-corrected chi connectivity index (χ4v) is 7.84. The lowest BCUT2D eigenvalue weighted by Crippen LogP contribution is -2.56. The fraction of sp³-hybridized carbons (Fsp3) is 0.696. The van der Waals surface area contributed by atoms with E-state index in [9.17, 15) is 19.5 Å². The summed E-state index contributed by atoms with van der Waals surface area (Å²) in [6, 6.07) is -0.683. The molecule has 7 nitrogen and oxygen atoms in total. The van der Waals surface area contributed by atoms with Crippen LogP contribution in [0.5, 0.6) is 0 Å². The van der Waals surface area contributed by atoms with Gasteiger partial charge in [0.2, 0.25) is 11.8 Å². The number of nitrogens with zero attached hydrogens (tertiary/aromatic N) is 2. The molecule has 3 unspecified atom stereocenters. The van der Waals surface area contributed by atoms with Gasteiger partial charge in [0.05, 0.1) is 23.2 Å². The molecule has 2 amide bonds. The standard InChI is InChI=1S/C23H34N2O5S/c1-5-8-15(4)24(11-6-2)21(28)19-23-10-9-16(31-23)17(22(29)30-14-7-3)18(23)20(27)25(19)12-13-26/h6-7,15-19,26H,2-3,5,8-14H2,1,4H3/t15?,16-,17+,18-,19?,23?/m0/s1. The Morgan fingerprint density at radius 2 is 2.16 bits per heavy atom. The van der Waals surface area contributed by atoms with Crippen molar-refractivity contribution in [2.75, 3.05) is 26.3 Å². The van der Waals surface area contributed by atoms with E-state index in [0.717, 1.165) is 19.3 Å². The second-order valence-corrected chi connectivity index (χ2v) is 10.2. The number of esters is 1. The summed E-state index contributed by atoms with van der Waals surface area (Å²) in [6.07, 6.45) is 6.48. The lowest BCUT2D eigenvalue weighted by atomic mass is 9.71. The number of hydrogen-bond donors (Lipinski definition) is 1. The number of rotatable bonds is 11. The number of hydrogen-bond acceptors (Lipinski definition) is 6. The van der Waals surface area contributed by atoms with E-state index in [1.807, 2.05) is 6.92 Å². The van der Waals surface area contributed by atoms with Crippen LogP contribution in [0.3, 0.4) is 0 Å². The molecule has 6 atom stereocenters. The molecule has 0 saturated carbocycles. The summed E-state index contributed by atoms with van der Waals surface area (Å²) >= 11 is 1.61. The Bertz CT molecular complexity index is 743. The molecule has 1 spiro atoms. The summed E-state index contributed by atoms with van der Waals surface area (Å²) in [6.45, 7) is 11.8. The average molecular weight is 451 g/mol. The van der Waals surface area contributed by atoms with Crippen molar-refractivity contribution in [3.63, 3.8) is 0 Å². The summed E-state index contributed by atoms with van der Waals surface area (Å²) in [5, 5.41) is 9.63. The minimum Gasteiger partial charge on any atom is -0.461 e. The molecule has 0 aliphatic carbocycles. The van der Waals surface area contributed by atoms with Gasteiger partial charge in [0.15, 0.2) is 0 Å². The highest BCUT2D eigenvalue weighted by Crippen LogP contribution is 2.66. The van der Waals surface area contributed by atoms with Gasteiger partial charge in [0, 0.05) is 24.4 Å². The first kappa shape index (κ1) is 23.9. The number of likely N-dealkylation sites (tertiary alicyclic amines) is 1. The van der Waals surface area contributed by atoms with E-state index >= 15 is 0 Å². The van der Waals surface area contributed by atoms with Gasteiger partial charge in [-0.3, -0.25) is 14.4 Å². The fourth-order valence-electron chi connectivity index (χ4n) is 5.64. The van der Waals surface area contributed by atoms with Gasteiger partial charge < -0.3 is 19.6 Å². The monoisotopic (exact) mass is 450 g/mol. The predicted octanol–water partition coefficient (Wildman–Crippen LogP) is 2.00. The zero-order chi connectivity index (χ0) is 22.8. The highest BCUT2D eigenvalue weighted by atomic mass is 32.2. The second kappa shape index (κ2) is 9.77. The molecule has 0 aromatic heterocycles. The zero-order valence-corrected chi connectivity index (χ0v) is 19.3. The molecule has 172 valence electrons. The first-order chi connectivity index (χ1) is 14.9. The van der Waals surface area contributed by atoms with Crippen LogP contribution in [0.25, 0.3) is 0 Å². The number of carbonyl (C=O) groups excluding carboxylic acids is 3. The Morgan fingerprint density at radius 1 is 1.42 bits per heavy atom. The first-order valence-corrected chi connectivity index (χ1v) is 12.0. The number of amides is 2. The van der Waals surface area contributed by atoms with Crippen LogP contribution < -0.4 is 0 Å². The molecule has 0 radical (unpaired) electrons. The van der Waals surface area contributed by atoms with E-state index in [2.05, 4.69) is 20.1 Å². The summed E-state index contributed by atoms with van der Waals surface area (Å²) in [4.78, 5) is 43.6. The number of aliphatic hydroxyl groups is 1. The molecule has 1 N–H and O–H groups in total. The molecule has 0 aromatic rings. The third kappa shape index (κ3) is 3.93. The molecule has 3 saturated heterocycles. The normalized spacial score (nSPS) is 32.0. The van der Waals surface area contributed by atoms with Gasteiger partial charge in [0.25, 0.3) is 0 Å². The Hall–Kier alpha value is -1.80. The number of fused-ring (bicyclic) bond motifs is 1. The Morgan fingerprint density at radius 3 is 2.77 bits per heavy atom. The molecule has 3 rings (SSSR count). The van der Waals surface area contributed by atoms with E-state index < -0.39 is 28.6 Å². The minimum atomic E-state index is -0.691. The van der Waals surface area contributed by atoms with E-state index in [1.165, 1.54) is 11.0 Å². The molecule has 31 heavy (non-hydrogen) atoms. The molecule has 8 heteroatoms. The molecule has 0 aromatic carbocycles. The highest BCUT2D eigenvalue weighted by molar-refractivity contribution is 8.02. The van der Waals surface area contributed by atoms with Crippen LogP contribution >= 0.6 is 11.8 Å². The first-order valence-electron chi connectivity index (χ1n) is 11.2. The van der Waals surface area contributed by atoms with Crippen LogP contribution in [0.4, 0.5) is 0 Å². The topological polar surface area (TPSA) is 87.2 Å². The summed E-state index contributed by atoms with van der Waals surface area (Å²) in [5.74, 6) is -1.88. The molecular weight excluding hydrogens is 416 g/mol. The Labute approximate surface area is 188 Å². The van der Waals surface area contributed by atoms with E-state index in [1.54, 1.807) is 22.7 Å². The Balaban J connectivity index is 1.98. The van der Waals surface area contributed by atoms with E-state index in [0.29, 0.717) is 13.0 Å². The van der Waals surface area contributed by atoms with Crippen LogP contribution in [0, 0.1) is 11.8 Å². The van der Waals surface area contributed by atoms with Gasteiger partial charge in [-0.05, 0) is 26.2 Å². The maximum absolute atomic E-state index is 13.9. The predicted molar refractivity (Wildman–Crippen MR) is 120 cm³/mol. The SMILES string of the molecule is C=CCOC(=O)[C@@H]1[C@@H]2CCC3(S2)C(C(=O)N(CC=C)C(C)CCC)N(CCO)C(=O)[C@H]13. The molecule has 3 aliphatic heterocycles. The largest absolute Gasteiger partial charge is 0.461 e. The van der Waals surface area contributed by atoms with Gasteiger partial charge in [-0.1, -0.05) is 32.1 Å². The number of aliphatic hydroxyl groups excluding tert-OH is 1. The van der Waals surface area contributed by atoms with Crippen LogP contribution in [0.1, 0.15) is 39.5 Å². The third-order valence-corrected chi connectivity index (χ3v) is 8.79. The van der Waals surface area contributed by atoms with Crippen molar-refractivity contribution in [1.82, 2.24) is 9.80 Å². The minimum absolute atomic E-state index is 0.00832. The molecule has 3 aliphatic rings. The van der Waals surface area contributed by atoms with Gasteiger partial charge in [-0.2, -0.15) is 0 Å². The van der Waals surface area contributed by atoms with Crippen LogP contribution in [0.15, 0.2) is 25.3 Å². The Kier molecular flexibility index (Phi) is 7.52. The number of carbonyl (C=O) groups is 3. The van der Waals surface area contributed by atoms with Crippen LogP contribution in [-0.2, 0) is 19.1 Å². The highest BCUT2D eigenvalue weighted by Gasteiger charge is 2.74. The average Bonchev–Trinajstić information content (AvgIpc) is 3.38. The summed E-state index contributed by atoms with van der Waals surface area (Å²) in [5.41, 5.74) is 0. The van der Waals surface area contributed by atoms with Crippen molar-refractivity contribution >= 4 is 29.5 Å². The smallest absolute Gasteiger partial charge is 0.311 e. The van der Waals surface area contributed by atoms with Crippen molar-refractivity contribution < 1.29 is 24.2 Å². The van der Waals surface area contributed by atoms with Crippen molar-refractivity contribution in [2.24, 2.45) is 11.8 Å². The lowest BCUT2D eigenvalue weighted by molar-refractivity contribution is -0.153. The number of thioether (sulfide) groups is 1. The zero-order valence-electron chi connectivity index (χ0n) is 18.5. The number of β-amino-alcohol motifs (C(OH)–C–C–N with tert-alkyl or cyclic N) is 1. The van der Waals surface area contributed by atoms with Gasteiger partial charge in [-0.25, -0.2) is 0 Å².